The van der Waals surface area contributed by atoms with E-state index in [2.05, 4.69) is 9.97 Å². The Hall–Kier alpha value is -2.54. The Kier molecular flexibility index (Phi) is 5.55. The highest BCUT2D eigenvalue weighted by molar-refractivity contribution is 5.77. The summed E-state index contributed by atoms with van der Waals surface area (Å²) in [5.74, 6) is 0.563. The molecule has 0 spiro atoms. The molecule has 1 fully saturated rings. The van der Waals surface area contributed by atoms with Crippen molar-refractivity contribution in [3.63, 3.8) is 0 Å². The first-order chi connectivity index (χ1) is 12.2. The molecule has 0 aliphatic carbocycles. The van der Waals surface area contributed by atoms with E-state index in [1.165, 1.54) is 19.2 Å². The average Bonchev–Trinajstić information content (AvgIpc) is 2.64. The number of halogens is 1. The lowest BCUT2D eigenvalue weighted by Gasteiger charge is -2.32. The van der Waals surface area contributed by atoms with Gasteiger partial charge in [0.05, 0.1) is 0 Å². The highest BCUT2D eigenvalue weighted by Gasteiger charge is 2.28. The van der Waals surface area contributed by atoms with Crippen molar-refractivity contribution < 1.29 is 18.7 Å². The number of carbonyl (C=O) groups is 1. The summed E-state index contributed by atoms with van der Waals surface area (Å²) in [6.45, 7) is 1.35. The molecule has 6 nitrogen and oxygen atoms in total. The third kappa shape index (κ3) is 4.30. The third-order valence-corrected chi connectivity index (χ3v) is 4.15. The Bertz CT molecular complexity index is 724. The second kappa shape index (κ2) is 8.02. The van der Waals surface area contributed by atoms with Gasteiger partial charge in [-0.15, -0.1) is 0 Å². The van der Waals surface area contributed by atoms with Crippen molar-refractivity contribution in [1.82, 2.24) is 14.9 Å². The standard InChI is InChI=1S/C18H20FN3O3/c1-24-12-16(23)22-10-2-3-13(11-22)17-18(21-9-8-20-17)25-15-6-4-14(19)5-7-15/h4-9,13H,2-3,10-12H2,1H3/t13-/m0/s1. The van der Waals surface area contributed by atoms with E-state index >= 15 is 0 Å². The first-order valence-electron chi connectivity index (χ1n) is 8.18. The molecule has 1 aliphatic rings. The molecule has 1 aromatic heterocycles. The molecule has 1 aliphatic heterocycles. The molecule has 0 radical (unpaired) electrons. The van der Waals surface area contributed by atoms with Gasteiger partial charge < -0.3 is 14.4 Å². The maximum atomic E-state index is 13.0. The highest BCUT2D eigenvalue weighted by atomic mass is 19.1. The van der Waals surface area contributed by atoms with Crippen molar-refractivity contribution >= 4 is 5.91 Å². The first-order valence-corrected chi connectivity index (χ1v) is 8.18. The number of amides is 1. The smallest absolute Gasteiger partial charge is 0.248 e. The summed E-state index contributed by atoms with van der Waals surface area (Å²) in [4.78, 5) is 22.6. The quantitative estimate of drug-likeness (QED) is 0.834. The summed E-state index contributed by atoms with van der Waals surface area (Å²) >= 11 is 0. The molecule has 1 amide bonds. The molecular weight excluding hydrogens is 325 g/mol. The maximum Gasteiger partial charge on any atom is 0.248 e. The zero-order valence-electron chi connectivity index (χ0n) is 14.0. The molecule has 132 valence electrons. The molecule has 1 atom stereocenters. The van der Waals surface area contributed by atoms with Crippen LogP contribution >= 0.6 is 0 Å². The van der Waals surface area contributed by atoms with Crippen LogP contribution in [0.1, 0.15) is 24.5 Å². The summed E-state index contributed by atoms with van der Waals surface area (Å²) < 4.78 is 23.8. The van der Waals surface area contributed by atoms with Gasteiger partial charge in [0.15, 0.2) is 0 Å². The van der Waals surface area contributed by atoms with E-state index in [-0.39, 0.29) is 24.2 Å². The number of hydrogen-bond donors (Lipinski definition) is 0. The molecule has 0 unspecified atom stereocenters. The molecular formula is C18H20FN3O3. The number of aromatic nitrogens is 2. The minimum Gasteiger partial charge on any atom is -0.437 e. The van der Waals surface area contributed by atoms with Crippen LogP contribution in [-0.4, -0.2) is 47.6 Å². The van der Waals surface area contributed by atoms with Crippen molar-refractivity contribution in [2.24, 2.45) is 0 Å². The van der Waals surface area contributed by atoms with Crippen LogP contribution in [0.15, 0.2) is 36.7 Å². The van der Waals surface area contributed by atoms with Gasteiger partial charge in [-0.3, -0.25) is 9.78 Å². The summed E-state index contributed by atoms with van der Waals surface area (Å²) in [7, 11) is 1.51. The molecule has 1 saturated heterocycles. The van der Waals surface area contributed by atoms with Gasteiger partial charge in [0, 0.05) is 38.5 Å². The lowest BCUT2D eigenvalue weighted by atomic mass is 9.94. The van der Waals surface area contributed by atoms with Crippen LogP contribution in [0.25, 0.3) is 0 Å². The number of rotatable bonds is 5. The van der Waals surface area contributed by atoms with E-state index < -0.39 is 0 Å². The van der Waals surface area contributed by atoms with E-state index in [4.69, 9.17) is 9.47 Å². The molecule has 7 heteroatoms. The fraction of sp³-hybridized carbons (Fsp3) is 0.389. The maximum absolute atomic E-state index is 13.0. The summed E-state index contributed by atoms with van der Waals surface area (Å²) in [6, 6.07) is 5.75. The number of methoxy groups -OCH3 is 1. The lowest BCUT2D eigenvalue weighted by Crippen LogP contribution is -2.41. The second-order valence-electron chi connectivity index (χ2n) is 5.91. The molecule has 2 heterocycles. The van der Waals surface area contributed by atoms with Crippen LogP contribution in [0.2, 0.25) is 0 Å². The van der Waals surface area contributed by atoms with Crippen LogP contribution < -0.4 is 4.74 Å². The monoisotopic (exact) mass is 345 g/mol. The molecule has 2 aromatic rings. The van der Waals surface area contributed by atoms with E-state index in [9.17, 15) is 9.18 Å². The predicted octanol–water partition coefficient (Wildman–Crippen LogP) is 2.76. The second-order valence-corrected chi connectivity index (χ2v) is 5.91. The zero-order chi connectivity index (χ0) is 17.6. The average molecular weight is 345 g/mol. The van der Waals surface area contributed by atoms with Gasteiger partial charge in [-0.1, -0.05) is 0 Å². The van der Waals surface area contributed by atoms with Gasteiger partial charge in [0.1, 0.15) is 23.9 Å². The minimum absolute atomic E-state index is 0.0305. The van der Waals surface area contributed by atoms with Crippen LogP contribution in [0.5, 0.6) is 11.6 Å². The number of likely N-dealkylation sites (tertiary alicyclic amines) is 1. The zero-order valence-corrected chi connectivity index (χ0v) is 14.0. The number of hydrogen-bond acceptors (Lipinski definition) is 5. The molecule has 3 rings (SSSR count). The fourth-order valence-corrected chi connectivity index (χ4v) is 2.95. The topological polar surface area (TPSA) is 64.5 Å². The highest BCUT2D eigenvalue weighted by Crippen LogP contribution is 2.32. The number of benzene rings is 1. The minimum atomic E-state index is -0.328. The van der Waals surface area contributed by atoms with Crippen molar-refractivity contribution in [3.8, 4) is 11.6 Å². The Morgan fingerprint density at radius 3 is 2.80 bits per heavy atom. The SMILES string of the molecule is COCC(=O)N1CCC[C@H](c2nccnc2Oc2ccc(F)cc2)C1. The van der Waals surface area contributed by atoms with Gasteiger partial charge >= 0.3 is 0 Å². The number of carbonyl (C=O) groups excluding carboxylic acids is 1. The third-order valence-electron chi connectivity index (χ3n) is 4.15. The van der Waals surface area contributed by atoms with Gasteiger partial charge in [-0.05, 0) is 37.1 Å². The molecule has 0 saturated carbocycles. The van der Waals surface area contributed by atoms with E-state index in [1.807, 2.05) is 0 Å². The van der Waals surface area contributed by atoms with Crippen LogP contribution in [0.3, 0.4) is 0 Å². The molecule has 0 bridgehead atoms. The molecule has 0 N–H and O–H groups in total. The number of ether oxygens (including phenoxy) is 2. The Labute approximate surface area is 145 Å². The summed E-state index contributed by atoms with van der Waals surface area (Å²) in [5, 5.41) is 0. The van der Waals surface area contributed by atoms with E-state index in [0.717, 1.165) is 12.8 Å². The Morgan fingerprint density at radius 1 is 1.28 bits per heavy atom. The Balaban J connectivity index is 1.77. The van der Waals surface area contributed by atoms with Crippen LogP contribution in [-0.2, 0) is 9.53 Å². The predicted molar refractivity (Wildman–Crippen MR) is 88.9 cm³/mol. The van der Waals surface area contributed by atoms with Crippen molar-refractivity contribution in [2.75, 3.05) is 26.8 Å². The van der Waals surface area contributed by atoms with Gasteiger partial charge in [0.2, 0.25) is 11.8 Å². The van der Waals surface area contributed by atoms with Crippen LogP contribution in [0.4, 0.5) is 4.39 Å². The van der Waals surface area contributed by atoms with E-state index in [1.54, 1.807) is 29.4 Å². The number of piperidine rings is 1. The van der Waals surface area contributed by atoms with Crippen molar-refractivity contribution in [2.45, 2.75) is 18.8 Å². The largest absolute Gasteiger partial charge is 0.437 e. The van der Waals surface area contributed by atoms with Crippen molar-refractivity contribution in [1.29, 1.82) is 0 Å². The van der Waals surface area contributed by atoms with Crippen LogP contribution in [0, 0.1) is 5.82 Å². The van der Waals surface area contributed by atoms with Crippen molar-refractivity contribution in [3.05, 3.63) is 48.2 Å². The molecule has 1 aromatic carbocycles. The fourth-order valence-electron chi connectivity index (χ4n) is 2.95. The molecule has 25 heavy (non-hydrogen) atoms. The van der Waals surface area contributed by atoms with E-state index in [0.29, 0.717) is 30.4 Å². The number of nitrogens with zero attached hydrogens (tertiary/aromatic N) is 3. The van der Waals surface area contributed by atoms with Gasteiger partial charge in [-0.2, -0.15) is 0 Å². The lowest BCUT2D eigenvalue weighted by molar-refractivity contribution is -0.136. The first kappa shape index (κ1) is 17.3. The summed E-state index contributed by atoms with van der Waals surface area (Å²) in [6.07, 6.45) is 4.95. The Morgan fingerprint density at radius 2 is 2.04 bits per heavy atom. The van der Waals surface area contributed by atoms with Gasteiger partial charge in [-0.25, -0.2) is 9.37 Å². The normalized spacial score (nSPS) is 17.4. The van der Waals surface area contributed by atoms with Gasteiger partial charge in [0.25, 0.3) is 0 Å². The summed E-state index contributed by atoms with van der Waals surface area (Å²) in [5.41, 5.74) is 0.710.